The van der Waals surface area contributed by atoms with Gasteiger partial charge in [-0.3, -0.25) is 14.4 Å². The zero-order chi connectivity index (χ0) is 20.1. The molecule has 0 spiro atoms. The van der Waals surface area contributed by atoms with Gasteiger partial charge in [-0.2, -0.15) is 11.3 Å². The molecule has 9 nitrogen and oxygen atoms in total. The van der Waals surface area contributed by atoms with E-state index in [9.17, 15) is 29.4 Å². The molecule has 11 heteroatoms. The minimum absolute atomic E-state index is 0.294. The van der Waals surface area contributed by atoms with Crippen LogP contribution in [0.25, 0.3) is 0 Å². The minimum atomic E-state index is -1.80. The van der Waals surface area contributed by atoms with Crippen molar-refractivity contribution in [3.8, 4) is 0 Å². The summed E-state index contributed by atoms with van der Waals surface area (Å²) in [5.74, 6) is -5.61. The van der Waals surface area contributed by atoms with Gasteiger partial charge in [0.25, 0.3) is 11.6 Å². The molecule has 1 aromatic heterocycles. The summed E-state index contributed by atoms with van der Waals surface area (Å²) < 4.78 is 4.50. The molecule has 1 aromatic rings. The third-order valence-corrected chi connectivity index (χ3v) is 7.07. The molecular weight excluding hydrogens is 396 g/mol. The van der Waals surface area contributed by atoms with Gasteiger partial charge >= 0.3 is 11.9 Å². The van der Waals surface area contributed by atoms with Crippen molar-refractivity contribution in [1.82, 2.24) is 10.2 Å². The molecule has 2 aliphatic rings. The van der Waals surface area contributed by atoms with Crippen molar-refractivity contribution in [2.24, 2.45) is 0 Å². The Labute approximate surface area is 162 Å². The van der Waals surface area contributed by atoms with E-state index in [0.29, 0.717) is 5.56 Å². The first kappa shape index (κ1) is 19.6. The first-order valence-electron chi connectivity index (χ1n) is 7.92. The lowest BCUT2D eigenvalue weighted by Crippen LogP contribution is -2.80. The van der Waals surface area contributed by atoms with E-state index in [1.54, 1.807) is 24.6 Å². The van der Waals surface area contributed by atoms with Gasteiger partial charge in [0.2, 0.25) is 5.91 Å². The van der Waals surface area contributed by atoms with Crippen molar-refractivity contribution in [2.75, 3.05) is 7.11 Å². The Bertz CT molecular complexity index is 810. The first-order chi connectivity index (χ1) is 12.6. The summed E-state index contributed by atoms with van der Waals surface area (Å²) in [4.78, 5) is 49.9. The van der Waals surface area contributed by atoms with Gasteiger partial charge in [-0.25, -0.2) is 4.79 Å². The highest BCUT2D eigenvalue weighted by Gasteiger charge is 2.73. The summed E-state index contributed by atoms with van der Waals surface area (Å²) in [5.41, 5.74) is -1.50. The van der Waals surface area contributed by atoms with Crippen molar-refractivity contribution in [1.29, 1.82) is 0 Å². The summed E-state index contributed by atoms with van der Waals surface area (Å²) in [6.07, 6.45) is 0. The number of amides is 2. The van der Waals surface area contributed by atoms with Crippen LogP contribution in [-0.2, 0) is 23.9 Å². The molecule has 3 heterocycles. The van der Waals surface area contributed by atoms with Gasteiger partial charge in [0, 0.05) is 11.9 Å². The van der Waals surface area contributed by atoms with Crippen LogP contribution in [0.15, 0.2) is 16.8 Å². The zero-order valence-electron chi connectivity index (χ0n) is 14.7. The fraction of sp³-hybridized carbons (Fsp3) is 0.500. The lowest BCUT2D eigenvalue weighted by atomic mass is 9.92. The molecule has 2 fully saturated rings. The largest absolute Gasteiger partial charge is 0.480 e. The Kier molecular flexibility index (Phi) is 4.73. The molecule has 27 heavy (non-hydrogen) atoms. The number of hydrogen-bond acceptors (Lipinski definition) is 7. The molecule has 0 radical (unpaired) electrons. The Morgan fingerprint density at radius 3 is 2.48 bits per heavy atom. The van der Waals surface area contributed by atoms with Crippen LogP contribution < -0.4 is 5.32 Å². The summed E-state index contributed by atoms with van der Waals surface area (Å²) in [7, 11) is 1.22. The number of carbonyl (C=O) groups excluding carboxylic acids is 2. The standard InChI is InChI=1S/C16H18N2O7S2/c1-15(2)9(12(22)23)18-13(24)16(25-3,14(18)27-15)17-10(19)8(11(20)21)7-4-5-26-6-7/h4-6,8-9,14H,1-3H3,(H,17,19)(H,20,21)(H,22,23)/t8?,9-,14?,16-/m0/s1. The Hall–Kier alpha value is -2.11. The van der Waals surface area contributed by atoms with E-state index in [1.807, 2.05) is 0 Å². The van der Waals surface area contributed by atoms with Crippen LogP contribution in [0.5, 0.6) is 0 Å². The van der Waals surface area contributed by atoms with Gasteiger partial charge in [-0.1, -0.05) is 0 Å². The molecule has 2 aliphatic heterocycles. The number of fused-ring (bicyclic) bond motifs is 1. The number of thioether (sulfide) groups is 1. The van der Waals surface area contributed by atoms with E-state index in [0.717, 1.165) is 4.90 Å². The molecule has 0 bridgehead atoms. The summed E-state index contributed by atoms with van der Waals surface area (Å²) in [6.45, 7) is 3.38. The van der Waals surface area contributed by atoms with Crippen molar-refractivity contribution >= 4 is 46.9 Å². The van der Waals surface area contributed by atoms with Gasteiger partial charge < -0.3 is 25.2 Å². The molecule has 0 aromatic carbocycles. The van der Waals surface area contributed by atoms with Gasteiger partial charge in [-0.15, -0.1) is 11.8 Å². The second-order valence-electron chi connectivity index (χ2n) is 6.78. The topological polar surface area (TPSA) is 133 Å². The minimum Gasteiger partial charge on any atom is -0.480 e. The number of thiophene rings is 1. The van der Waals surface area contributed by atoms with E-state index in [4.69, 9.17) is 4.74 Å². The first-order valence-corrected chi connectivity index (χ1v) is 9.74. The number of methoxy groups -OCH3 is 1. The number of carboxylic acids is 2. The molecule has 4 atom stereocenters. The van der Waals surface area contributed by atoms with Crippen LogP contribution in [-0.4, -0.2) is 67.9 Å². The highest BCUT2D eigenvalue weighted by atomic mass is 32.2. The number of hydrogen-bond donors (Lipinski definition) is 3. The van der Waals surface area contributed by atoms with Gasteiger partial charge in [-0.05, 0) is 36.2 Å². The molecular formula is C16H18N2O7S2. The van der Waals surface area contributed by atoms with Crippen LogP contribution in [0.4, 0.5) is 0 Å². The zero-order valence-corrected chi connectivity index (χ0v) is 16.3. The Balaban J connectivity index is 1.89. The second kappa shape index (κ2) is 6.50. The van der Waals surface area contributed by atoms with Crippen LogP contribution in [0.1, 0.15) is 25.3 Å². The van der Waals surface area contributed by atoms with E-state index in [2.05, 4.69) is 5.32 Å². The molecule has 2 unspecified atom stereocenters. The maximum Gasteiger partial charge on any atom is 0.327 e. The highest BCUT2D eigenvalue weighted by molar-refractivity contribution is 8.01. The molecule has 146 valence electrons. The van der Waals surface area contributed by atoms with Crippen molar-refractivity contribution in [2.45, 2.75) is 41.7 Å². The molecule has 3 N–H and O–H groups in total. The fourth-order valence-electron chi connectivity index (χ4n) is 3.48. The van der Waals surface area contributed by atoms with E-state index >= 15 is 0 Å². The second-order valence-corrected chi connectivity index (χ2v) is 9.30. The number of aliphatic carboxylic acids is 2. The quantitative estimate of drug-likeness (QED) is 0.349. The fourth-order valence-corrected chi connectivity index (χ4v) is 5.84. The number of ether oxygens (including phenoxy) is 1. The molecule has 0 saturated carbocycles. The normalized spacial score (nSPS) is 29.6. The maximum atomic E-state index is 12.8. The lowest BCUT2D eigenvalue weighted by Gasteiger charge is -2.51. The van der Waals surface area contributed by atoms with Gasteiger partial charge in [0.1, 0.15) is 11.4 Å². The predicted octanol–water partition coefficient (Wildman–Crippen LogP) is 0.522. The summed E-state index contributed by atoms with van der Waals surface area (Å²) in [5, 5.41) is 23.8. The van der Waals surface area contributed by atoms with Crippen LogP contribution in [0.3, 0.4) is 0 Å². The number of carbonyl (C=O) groups is 4. The van der Waals surface area contributed by atoms with E-state index in [1.165, 1.54) is 36.3 Å². The third kappa shape index (κ3) is 2.80. The molecule has 3 rings (SSSR count). The number of rotatable bonds is 6. The average Bonchev–Trinajstić information content (AvgIpc) is 3.16. The van der Waals surface area contributed by atoms with Crippen LogP contribution >= 0.6 is 23.1 Å². The smallest absolute Gasteiger partial charge is 0.327 e. The van der Waals surface area contributed by atoms with E-state index in [-0.39, 0.29) is 0 Å². The molecule has 2 amide bonds. The van der Waals surface area contributed by atoms with Crippen molar-refractivity contribution < 1.29 is 34.1 Å². The Morgan fingerprint density at radius 2 is 2.00 bits per heavy atom. The Morgan fingerprint density at radius 1 is 1.33 bits per heavy atom. The molecule has 0 aliphatic carbocycles. The SMILES string of the molecule is CO[C@@]1(NC(=O)C(C(=O)O)c2ccsc2)C(=O)N2C1SC(C)(C)[C@@H]2C(=O)O. The number of nitrogens with zero attached hydrogens (tertiary/aromatic N) is 1. The molecule has 2 saturated heterocycles. The van der Waals surface area contributed by atoms with Crippen LogP contribution in [0, 0.1) is 0 Å². The van der Waals surface area contributed by atoms with Gasteiger partial charge in [0.05, 0.1) is 0 Å². The monoisotopic (exact) mass is 414 g/mol. The summed E-state index contributed by atoms with van der Waals surface area (Å²) >= 11 is 2.43. The average molecular weight is 414 g/mol. The highest BCUT2D eigenvalue weighted by Crippen LogP contribution is 2.55. The summed E-state index contributed by atoms with van der Waals surface area (Å²) in [6, 6.07) is 0.443. The van der Waals surface area contributed by atoms with Crippen molar-refractivity contribution in [3.05, 3.63) is 22.4 Å². The van der Waals surface area contributed by atoms with Crippen molar-refractivity contribution in [3.63, 3.8) is 0 Å². The van der Waals surface area contributed by atoms with E-state index < -0.39 is 51.6 Å². The van der Waals surface area contributed by atoms with Crippen LogP contribution in [0.2, 0.25) is 0 Å². The van der Waals surface area contributed by atoms with Gasteiger partial charge in [0.15, 0.2) is 5.92 Å². The predicted molar refractivity (Wildman–Crippen MR) is 96.3 cm³/mol. The lowest BCUT2D eigenvalue weighted by molar-refractivity contribution is -0.201. The number of β-lactam (4-membered cyclic amide) rings is 1. The number of nitrogens with one attached hydrogen (secondary N) is 1. The number of carboxylic acid groups (broad SMARTS) is 2. The maximum absolute atomic E-state index is 12.8. The third-order valence-electron chi connectivity index (χ3n) is 4.76.